The third-order valence-corrected chi connectivity index (χ3v) is 2.35. The molecular formula is C14H19NO4. The molecule has 1 aromatic rings. The monoisotopic (exact) mass is 265 g/mol. The van der Waals surface area contributed by atoms with Crippen molar-refractivity contribution in [2.24, 2.45) is 0 Å². The zero-order valence-electron chi connectivity index (χ0n) is 11.6. The van der Waals surface area contributed by atoms with E-state index in [1.165, 1.54) is 31.3 Å². The number of rotatable bonds is 4. The van der Waals surface area contributed by atoms with E-state index in [0.717, 1.165) is 0 Å². The summed E-state index contributed by atoms with van der Waals surface area (Å²) >= 11 is 0. The third-order valence-electron chi connectivity index (χ3n) is 2.35. The van der Waals surface area contributed by atoms with Gasteiger partial charge in [-0.1, -0.05) is 0 Å². The van der Waals surface area contributed by atoms with Crippen molar-refractivity contribution < 1.29 is 19.4 Å². The van der Waals surface area contributed by atoms with Gasteiger partial charge < -0.3 is 15.2 Å². The zero-order chi connectivity index (χ0) is 14.6. The van der Waals surface area contributed by atoms with Gasteiger partial charge in [0, 0.05) is 5.56 Å². The number of hydrogen-bond donors (Lipinski definition) is 2. The van der Waals surface area contributed by atoms with Gasteiger partial charge in [-0.15, -0.1) is 0 Å². The van der Waals surface area contributed by atoms with Crippen molar-refractivity contribution >= 4 is 11.8 Å². The van der Waals surface area contributed by atoms with Crippen LogP contribution in [0.5, 0.6) is 5.75 Å². The molecule has 0 saturated carbocycles. The van der Waals surface area contributed by atoms with Crippen molar-refractivity contribution in [3.63, 3.8) is 0 Å². The number of carbonyl (C=O) groups excluding carboxylic acids is 2. The van der Waals surface area contributed by atoms with Gasteiger partial charge in [-0.05, 0) is 52.1 Å². The first-order valence-corrected chi connectivity index (χ1v) is 5.98. The second kappa shape index (κ2) is 5.84. The molecule has 1 unspecified atom stereocenters. The number of ether oxygens (including phenoxy) is 1. The number of Topliss-reactive ketones (excluding diaryl/α,β-unsaturated/α-hetero) is 1. The highest BCUT2D eigenvalue weighted by molar-refractivity contribution is 6.12. The molecule has 5 heteroatoms. The Hall–Kier alpha value is -1.88. The first kappa shape index (κ1) is 15.2. The minimum Gasteiger partial charge on any atom is -0.508 e. The zero-order valence-corrected chi connectivity index (χ0v) is 11.6. The number of esters is 1. The summed E-state index contributed by atoms with van der Waals surface area (Å²) in [4.78, 5) is 24.1. The molecule has 1 atom stereocenters. The lowest BCUT2D eigenvalue weighted by Crippen LogP contribution is -2.45. The first-order chi connectivity index (χ1) is 8.74. The second-order valence-electron chi connectivity index (χ2n) is 5.17. The quantitative estimate of drug-likeness (QED) is 0.490. The maximum absolute atomic E-state index is 12.2. The van der Waals surface area contributed by atoms with E-state index in [-0.39, 0.29) is 5.75 Å². The van der Waals surface area contributed by atoms with E-state index < -0.39 is 23.4 Å². The predicted molar refractivity (Wildman–Crippen MR) is 71.1 cm³/mol. The summed E-state index contributed by atoms with van der Waals surface area (Å²) < 4.78 is 5.19. The van der Waals surface area contributed by atoms with Crippen molar-refractivity contribution in [3.8, 4) is 5.75 Å². The van der Waals surface area contributed by atoms with Crippen LogP contribution in [0.3, 0.4) is 0 Å². The standard InChI is InChI=1S/C14H19NO4/c1-14(2,3)19-13(18)11(15-4)12(17)9-5-7-10(16)8-6-9/h5-8,11,15-16H,1-4H3. The summed E-state index contributed by atoms with van der Waals surface area (Å²) in [5, 5.41) is 11.8. The number of ketones is 1. The highest BCUT2D eigenvalue weighted by Gasteiger charge is 2.30. The molecule has 104 valence electrons. The number of hydrogen-bond acceptors (Lipinski definition) is 5. The number of phenolic OH excluding ortho intramolecular Hbond substituents is 1. The van der Waals surface area contributed by atoms with Gasteiger partial charge in [-0.25, -0.2) is 4.79 Å². The summed E-state index contributed by atoms with van der Waals surface area (Å²) in [6.07, 6.45) is 0. The minimum absolute atomic E-state index is 0.0647. The van der Waals surface area contributed by atoms with E-state index >= 15 is 0 Å². The number of carbonyl (C=O) groups is 2. The van der Waals surface area contributed by atoms with Crippen LogP contribution >= 0.6 is 0 Å². The molecular weight excluding hydrogens is 246 g/mol. The fourth-order valence-electron chi connectivity index (χ4n) is 1.51. The molecule has 5 nitrogen and oxygen atoms in total. The summed E-state index contributed by atoms with van der Waals surface area (Å²) in [7, 11) is 1.52. The Morgan fingerprint density at radius 2 is 1.74 bits per heavy atom. The van der Waals surface area contributed by atoms with Gasteiger partial charge in [0.1, 0.15) is 11.4 Å². The van der Waals surface area contributed by atoms with Gasteiger partial charge in [0.15, 0.2) is 11.8 Å². The van der Waals surface area contributed by atoms with Crippen LogP contribution in [-0.4, -0.2) is 35.5 Å². The highest BCUT2D eigenvalue weighted by atomic mass is 16.6. The second-order valence-corrected chi connectivity index (χ2v) is 5.17. The van der Waals surface area contributed by atoms with Crippen LogP contribution in [0.4, 0.5) is 0 Å². The van der Waals surface area contributed by atoms with Crippen molar-refractivity contribution in [2.45, 2.75) is 32.4 Å². The normalized spacial score (nSPS) is 12.8. The minimum atomic E-state index is -1.05. The van der Waals surface area contributed by atoms with Crippen LogP contribution in [0.2, 0.25) is 0 Å². The Bertz CT molecular complexity index is 459. The Morgan fingerprint density at radius 3 is 2.16 bits per heavy atom. The Morgan fingerprint density at radius 1 is 1.21 bits per heavy atom. The number of aromatic hydroxyl groups is 1. The molecule has 0 radical (unpaired) electrons. The lowest BCUT2D eigenvalue weighted by atomic mass is 10.0. The van der Waals surface area contributed by atoms with E-state index in [1.807, 2.05) is 0 Å². The van der Waals surface area contributed by atoms with Gasteiger partial charge >= 0.3 is 5.97 Å². The van der Waals surface area contributed by atoms with Gasteiger partial charge in [0.05, 0.1) is 0 Å². The van der Waals surface area contributed by atoms with Crippen molar-refractivity contribution in [1.82, 2.24) is 5.32 Å². The first-order valence-electron chi connectivity index (χ1n) is 5.98. The lowest BCUT2D eigenvalue weighted by Gasteiger charge is -2.23. The van der Waals surface area contributed by atoms with Gasteiger partial charge in [0.2, 0.25) is 0 Å². The number of likely N-dealkylation sites (N-methyl/N-ethyl adjacent to an activating group) is 1. The predicted octanol–water partition coefficient (Wildman–Crippen LogP) is 1.50. The largest absolute Gasteiger partial charge is 0.508 e. The summed E-state index contributed by atoms with van der Waals surface area (Å²) in [5.74, 6) is -0.945. The van der Waals surface area contributed by atoms with Gasteiger partial charge in [-0.2, -0.15) is 0 Å². The number of phenols is 1. The summed E-state index contributed by atoms with van der Waals surface area (Å²) in [5.41, 5.74) is -0.315. The van der Waals surface area contributed by atoms with Crippen molar-refractivity contribution in [2.75, 3.05) is 7.05 Å². The fourth-order valence-corrected chi connectivity index (χ4v) is 1.51. The Labute approximate surface area is 112 Å². The van der Waals surface area contributed by atoms with Crippen LogP contribution in [0.25, 0.3) is 0 Å². The highest BCUT2D eigenvalue weighted by Crippen LogP contribution is 2.14. The van der Waals surface area contributed by atoms with Crippen LogP contribution in [0.1, 0.15) is 31.1 Å². The van der Waals surface area contributed by atoms with Crippen LogP contribution in [0, 0.1) is 0 Å². The molecule has 0 fully saturated rings. The lowest BCUT2D eigenvalue weighted by molar-refractivity contribution is -0.155. The van der Waals surface area contributed by atoms with Crippen LogP contribution in [0.15, 0.2) is 24.3 Å². The molecule has 0 spiro atoms. The van der Waals surface area contributed by atoms with Gasteiger partial charge in [0.25, 0.3) is 0 Å². The maximum atomic E-state index is 12.2. The number of benzene rings is 1. The van der Waals surface area contributed by atoms with E-state index in [4.69, 9.17) is 4.74 Å². The molecule has 1 aromatic carbocycles. The molecule has 0 aliphatic carbocycles. The Balaban J connectivity index is 2.88. The fraction of sp³-hybridized carbons (Fsp3) is 0.429. The molecule has 0 bridgehead atoms. The third kappa shape index (κ3) is 4.37. The van der Waals surface area contributed by atoms with Crippen LogP contribution in [-0.2, 0) is 9.53 Å². The average Bonchev–Trinajstić information content (AvgIpc) is 2.28. The topological polar surface area (TPSA) is 75.6 Å². The van der Waals surface area contributed by atoms with Gasteiger partial charge in [-0.3, -0.25) is 4.79 Å². The van der Waals surface area contributed by atoms with E-state index in [2.05, 4.69) is 5.32 Å². The van der Waals surface area contributed by atoms with E-state index in [1.54, 1.807) is 20.8 Å². The molecule has 2 N–H and O–H groups in total. The molecule has 0 amide bonds. The van der Waals surface area contributed by atoms with Crippen molar-refractivity contribution in [1.29, 1.82) is 0 Å². The Kier molecular flexibility index (Phi) is 4.67. The maximum Gasteiger partial charge on any atom is 0.331 e. The molecule has 0 aromatic heterocycles. The van der Waals surface area contributed by atoms with E-state index in [0.29, 0.717) is 5.56 Å². The molecule has 0 aliphatic rings. The SMILES string of the molecule is CNC(C(=O)OC(C)(C)C)C(=O)c1ccc(O)cc1. The molecule has 0 heterocycles. The molecule has 19 heavy (non-hydrogen) atoms. The molecule has 0 aliphatic heterocycles. The summed E-state index contributed by atoms with van der Waals surface area (Å²) in [6, 6.07) is 4.67. The smallest absolute Gasteiger partial charge is 0.331 e. The summed E-state index contributed by atoms with van der Waals surface area (Å²) in [6.45, 7) is 5.22. The van der Waals surface area contributed by atoms with Crippen molar-refractivity contribution in [3.05, 3.63) is 29.8 Å². The average molecular weight is 265 g/mol. The molecule has 0 saturated heterocycles. The van der Waals surface area contributed by atoms with Crippen LogP contribution < -0.4 is 5.32 Å². The van der Waals surface area contributed by atoms with E-state index in [9.17, 15) is 14.7 Å². The molecule has 1 rings (SSSR count). The number of nitrogens with one attached hydrogen (secondary N) is 1.